The summed E-state index contributed by atoms with van der Waals surface area (Å²) in [7, 11) is 1.52. The quantitative estimate of drug-likeness (QED) is 0.626. The molecular formula is C15H12BrClN2O3. The number of ether oxygens (including phenoxy) is 1. The Kier molecular flexibility index (Phi) is 5.41. The molecular weight excluding hydrogens is 372 g/mol. The molecule has 0 saturated heterocycles. The van der Waals surface area contributed by atoms with Gasteiger partial charge < -0.3 is 9.84 Å². The van der Waals surface area contributed by atoms with Gasteiger partial charge in [-0.1, -0.05) is 11.6 Å². The number of carbonyl (C=O) groups is 1. The standard InChI is InChI=1S/C15H12BrClN2O3/c1-22-11-4-5-13(16)12(7-11)15(21)19-18-8-9-2-3-10(17)6-14(9)20/h2-8,20H,1H3,(H,19,21)/b18-8+. The number of hydrogen-bond donors (Lipinski definition) is 2. The fraction of sp³-hybridized carbons (Fsp3) is 0.0667. The number of phenolic OH excluding ortho intramolecular Hbond substituents is 1. The molecule has 2 aromatic rings. The number of methoxy groups -OCH3 is 1. The van der Waals surface area contributed by atoms with Gasteiger partial charge in [-0.05, 0) is 52.3 Å². The lowest BCUT2D eigenvalue weighted by atomic mass is 10.2. The molecule has 1 amide bonds. The molecule has 5 nitrogen and oxygen atoms in total. The number of aromatic hydroxyl groups is 1. The van der Waals surface area contributed by atoms with Crippen molar-refractivity contribution in [2.45, 2.75) is 0 Å². The molecule has 2 rings (SSSR count). The molecule has 2 aromatic carbocycles. The Hall–Kier alpha value is -2.05. The maximum absolute atomic E-state index is 12.1. The van der Waals surface area contributed by atoms with Crippen molar-refractivity contribution in [1.29, 1.82) is 0 Å². The summed E-state index contributed by atoms with van der Waals surface area (Å²) in [5.41, 5.74) is 3.21. The zero-order valence-corrected chi connectivity index (χ0v) is 13.9. The average molecular weight is 384 g/mol. The summed E-state index contributed by atoms with van der Waals surface area (Å²) in [6, 6.07) is 9.63. The fourth-order valence-corrected chi connectivity index (χ4v) is 2.25. The summed E-state index contributed by atoms with van der Waals surface area (Å²) in [6.45, 7) is 0. The zero-order valence-electron chi connectivity index (χ0n) is 11.5. The highest BCUT2D eigenvalue weighted by Crippen LogP contribution is 2.22. The van der Waals surface area contributed by atoms with Gasteiger partial charge in [-0.25, -0.2) is 5.43 Å². The molecule has 0 aliphatic rings. The van der Waals surface area contributed by atoms with Crippen LogP contribution in [0.25, 0.3) is 0 Å². The number of nitrogens with zero attached hydrogens (tertiary/aromatic N) is 1. The Morgan fingerprint density at radius 2 is 2.14 bits per heavy atom. The smallest absolute Gasteiger partial charge is 0.272 e. The van der Waals surface area contributed by atoms with Crippen LogP contribution >= 0.6 is 27.5 Å². The van der Waals surface area contributed by atoms with Gasteiger partial charge in [0.05, 0.1) is 18.9 Å². The van der Waals surface area contributed by atoms with Crippen LogP contribution in [0.1, 0.15) is 15.9 Å². The molecule has 0 aromatic heterocycles. The summed E-state index contributed by atoms with van der Waals surface area (Å²) in [6.07, 6.45) is 1.33. The van der Waals surface area contributed by atoms with E-state index < -0.39 is 5.91 Å². The molecule has 114 valence electrons. The largest absolute Gasteiger partial charge is 0.507 e. The van der Waals surface area contributed by atoms with Gasteiger partial charge in [0.2, 0.25) is 0 Å². The third kappa shape index (κ3) is 3.99. The van der Waals surface area contributed by atoms with Crippen LogP contribution in [0.3, 0.4) is 0 Å². The lowest BCUT2D eigenvalue weighted by Crippen LogP contribution is -2.18. The highest BCUT2D eigenvalue weighted by Gasteiger charge is 2.10. The average Bonchev–Trinajstić information content (AvgIpc) is 2.49. The monoisotopic (exact) mass is 382 g/mol. The molecule has 0 radical (unpaired) electrons. The Morgan fingerprint density at radius 3 is 2.82 bits per heavy atom. The van der Waals surface area contributed by atoms with E-state index in [-0.39, 0.29) is 5.75 Å². The summed E-state index contributed by atoms with van der Waals surface area (Å²) in [5, 5.41) is 13.9. The fourth-order valence-electron chi connectivity index (χ4n) is 1.65. The van der Waals surface area contributed by atoms with E-state index in [0.717, 1.165) is 0 Å². The lowest BCUT2D eigenvalue weighted by molar-refractivity contribution is 0.0954. The maximum atomic E-state index is 12.1. The van der Waals surface area contributed by atoms with E-state index in [1.54, 1.807) is 30.3 Å². The lowest BCUT2D eigenvalue weighted by Gasteiger charge is -2.06. The highest BCUT2D eigenvalue weighted by molar-refractivity contribution is 9.10. The van der Waals surface area contributed by atoms with Crippen molar-refractivity contribution in [3.05, 3.63) is 57.0 Å². The van der Waals surface area contributed by atoms with Crippen LogP contribution in [0.4, 0.5) is 0 Å². The Balaban J connectivity index is 2.11. The number of phenols is 1. The topological polar surface area (TPSA) is 70.9 Å². The van der Waals surface area contributed by atoms with Crippen LogP contribution in [0.5, 0.6) is 11.5 Å². The van der Waals surface area contributed by atoms with E-state index in [1.807, 2.05) is 0 Å². The second kappa shape index (κ2) is 7.29. The first kappa shape index (κ1) is 16.3. The summed E-state index contributed by atoms with van der Waals surface area (Å²) >= 11 is 9.03. The first-order chi connectivity index (χ1) is 10.5. The summed E-state index contributed by atoms with van der Waals surface area (Å²) in [5.74, 6) is 0.135. The van der Waals surface area contributed by atoms with Crippen molar-refractivity contribution in [3.63, 3.8) is 0 Å². The van der Waals surface area contributed by atoms with Crippen molar-refractivity contribution in [2.24, 2.45) is 5.10 Å². The second-order valence-corrected chi connectivity index (χ2v) is 5.54. The van der Waals surface area contributed by atoms with Gasteiger partial charge in [-0.15, -0.1) is 0 Å². The minimum atomic E-state index is -0.407. The van der Waals surface area contributed by atoms with Crippen molar-refractivity contribution < 1.29 is 14.6 Å². The van der Waals surface area contributed by atoms with Gasteiger partial charge in [-0.2, -0.15) is 5.10 Å². The van der Waals surface area contributed by atoms with Crippen LogP contribution in [0, 0.1) is 0 Å². The van der Waals surface area contributed by atoms with Gasteiger partial charge in [0.25, 0.3) is 5.91 Å². The van der Waals surface area contributed by atoms with Crippen LogP contribution < -0.4 is 10.2 Å². The minimum Gasteiger partial charge on any atom is -0.507 e. The van der Waals surface area contributed by atoms with Crippen LogP contribution in [0.15, 0.2) is 46.0 Å². The molecule has 22 heavy (non-hydrogen) atoms. The van der Waals surface area contributed by atoms with E-state index in [1.165, 1.54) is 19.4 Å². The van der Waals surface area contributed by atoms with Crippen molar-refractivity contribution in [2.75, 3.05) is 7.11 Å². The van der Waals surface area contributed by atoms with E-state index in [0.29, 0.717) is 26.4 Å². The van der Waals surface area contributed by atoms with Crippen LogP contribution in [-0.4, -0.2) is 24.3 Å². The summed E-state index contributed by atoms with van der Waals surface area (Å²) < 4.78 is 5.70. The van der Waals surface area contributed by atoms with Gasteiger partial charge in [0.15, 0.2) is 0 Å². The third-order valence-electron chi connectivity index (χ3n) is 2.78. The zero-order chi connectivity index (χ0) is 16.1. The number of rotatable bonds is 4. The molecule has 0 bridgehead atoms. The molecule has 0 aliphatic carbocycles. The normalized spacial score (nSPS) is 10.7. The Labute approximate surface area is 140 Å². The molecule has 0 saturated carbocycles. The van der Waals surface area contributed by atoms with E-state index >= 15 is 0 Å². The predicted octanol–water partition coefficient (Wildman–Crippen LogP) is 3.58. The van der Waals surface area contributed by atoms with Gasteiger partial charge in [-0.3, -0.25) is 4.79 Å². The molecule has 0 aliphatic heterocycles. The first-order valence-corrected chi connectivity index (χ1v) is 7.34. The van der Waals surface area contributed by atoms with Crippen molar-refractivity contribution >= 4 is 39.7 Å². The second-order valence-electron chi connectivity index (χ2n) is 4.25. The van der Waals surface area contributed by atoms with Crippen LogP contribution in [-0.2, 0) is 0 Å². The number of hydrazone groups is 1. The molecule has 0 heterocycles. The molecule has 0 atom stereocenters. The number of nitrogens with one attached hydrogen (secondary N) is 1. The number of halogens is 2. The number of amides is 1. The highest BCUT2D eigenvalue weighted by atomic mass is 79.9. The summed E-state index contributed by atoms with van der Waals surface area (Å²) in [4.78, 5) is 12.1. The predicted molar refractivity (Wildman–Crippen MR) is 88.9 cm³/mol. The van der Waals surface area contributed by atoms with Gasteiger partial charge >= 0.3 is 0 Å². The van der Waals surface area contributed by atoms with Crippen molar-refractivity contribution in [3.8, 4) is 11.5 Å². The first-order valence-electron chi connectivity index (χ1n) is 6.16. The molecule has 0 spiro atoms. The Morgan fingerprint density at radius 1 is 1.36 bits per heavy atom. The maximum Gasteiger partial charge on any atom is 0.272 e. The van der Waals surface area contributed by atoms with E-state index in [2.05, 4.69) is 26.5 Å². The Bertz CT molecular complexity index is 735. The van der Waals surface area contributed by atoms with Crippen molar-refractivity contribution in [1.82, 2.24) is 5.43 Å². The van der Waals surface area contributed by atoms with Crippen LogP contribution in [0.2, 0.25) is 5.02 Å². The van der Waals surface area contributed by atoms with Gasteiger partial charge in [0, 0.05) is 15.1 Å². The molecule has 0 fully saturated rings. The number of carbonyl (C=O) groups excluding carboxylic acids is 1. The molecule has 2 N–H and O–H groups in total. The van der Waals surface area contributed by atoms with Gasteiger partial charge in [0.1, 0.15) is 11.5 Å². The van der Waals surface area contributed by atoms with E-state index in [4.69, 9.17) is 16.3 Å². The third-order valence-corrected chi connectivity index (χ3v) is 3.71. The number of hydrogen-bond acceptors (Lipinski definition) is 4. The minimum absolute atomic E-state index is 0.0203. The number of benzene rings is 2. The molecule has 0 unspecified atom stereocenters. The SMILES string of the molecule is COc1ccc(Br)c(C(=O)N/N=C/c2ccc(Cl)cc2O)c1. The molecule has 7 heteroatoms. The van der Waals surface area contributed by atoms with E-state index in [9.17, 15) is 9.90 Å².